The molecule has 3 aliphatic rings. The Morgan fingerprint density at radius 3 is 1.32 bits per heavy atom. The van der Waals surface area contributed by atoms with Crippen LogP contribution in [-0.4, -0.2) is 55.0 Å². The molecule has 1 atom stereocenters. The fraction of sp³-hybridized carbons (Fsp3) is 0.793. The smallest absolute Gasteiger partial charge is 0.403 e. The Morgan fingerprint density at radius 1 is 0.553 bits per heavy atom. The average molecular weight is 526 g/mol. The van der Waals surface area contributed by atoms with E-state index in [1.165, 1.54) is 5.56 Å². The maximum atomic E-state index is 6.68. The lowest BCUT2D eigenvalue weighted by atomic mass is 9.45. The molecule has 0 radical (unpaired) electrons. The Hall–Kier alpha value is -0.825. The molecule has 0 bridgehead atoms. The lowest BCUT2D eigenvalue weighted by Crippen LogP contribution is -2.42. The van der Waals surface area contributed by atoms with Gasteiger partial charge < -0.3 is 27.9 Å². The highest BCUT2D eigenvalue weighted by atomic mass is 16.7. The minimum absolute atomic E-state index is 0.0861. The fourth-order valence-electron chi connectivity index (χ4n) is 5.47. The molecule has 3 heterocycles. The van der Waals surface area contributed by atoms with Crippen molar-refractivity contribution in [1.29, 1.82) is 0 Å². The van der Waals surface area contributed by atoms with Crippen LogP contribution in [0, 0.1) is 0 Å². The van der Waals surface area contributed by atoms with Gasteiger partial charge in [0.25, 0.3) is 0 Å². The molecule has 210 valence electrons. The molecule has 4 rings (SSSR count). The van der Waals surface area contributed by atoms with Crippen LogP contribution in [0.1, 0.15) is 107 Å². The van der Waals surface area contributed by atoms with E-state index >= 15 is 0 Å². The Morgan fingerprint density at radius 2 is 0.921 bits per heavy atom. The molecular formula is C29H49B3O6. The first-order valence-corrected chi connectivity index (χ1v) is 14.4. The van der Waals surface area contributed by atoms with E-state index < -0.39 is 36.6 Å². The van der Waals surface area contributed by atoms with Crippen LogP contribution in [0.4, 0.5) is 0 Å². The van der Waals surface area contributed by atoms with Crippen molar-refractivity contribution in [1.82, 2.24) is 0 Å². The zero-order chi connectivity index (χ0) is 28.4. The summed E-state index contributed by atoms with van der Waals surface area (Å²) in [5.41, 5.74) is -1.41. The van der Waals surface area contributed by atoms with E-state index in [0.29, 0.717) is 0 Å². The van der Waals surface area contributed by atoms with Crippen molar-refractivity contribution in [2.75, 3.05) is 0 Å². The Labute approximate surface area is 232 Å². The van der Waals surface area contributed by atoms with Gasteiger partial charge in [-0.25, -0.2) is 0 Å². The van der Waals surface area contributed by atoms with Gasteiger partial charge >= 0.3 is 21.4 Å². The van der Waals surface area contributed by atoms with E-state index in [0.717, 1.165) is 19.2 Å². The largest absolute Gasteiger partial charge is 0.459 e. The SMILES string of the molecule is CC1(C)OB(CCCC(c2ccccc2)C(B2OC(C)(C)C(C)(C)O2)B2OC(C)(C)C(C)(C)O2)OC1(C)C. The van der Waals surface area contributed by atoms with Crippen molar-refractivity contribution in [2.45, 2.75) is 147 Å². The van der Waals surface area contributed by atoms with Crippen molar-refractivity contribution >= 4 is 21.4 Å². The standard InChI is InChI=1S/C29H49B3O6/c1-24(2)25(3,4)34-30(33-24)20-16-19-22(21-17-14-13-15-18-21)23(31-35-26(5,6)27(7,8)36-31)32-37-28(9,10)29(11,12)38-32/h13-15,17-18,22-23H,16,19-20H2,1-12H3. The van der Waals surface area contributed by atoms with Gasteiger partial charge in [-0.15, -0.1) is 0 Å². The molecule has 0 aromatic heterocycles. The van der Waals surface area contributed by atoms with Crippen molar-refractivity contribution in [3.8, 4) is 0 Å². The molecule has 0 aliphatic carbocycles. The average Bonchev–Trinajstić information content (AvgIpc) is 3.21. The molecule has 0 amide bonds. The normalized spacial score (nSPS) is 27.3. The first-order valence-electron chi connectivity index (χ1n) is 14.4. The summed E-state index contributed by atoms with van der Waals surface area (Å²) in [6.07, 6.45) is 2.63. The Kier molecular flexibility index (Phi) is 7.87. The highest BCUT2D eigenvalue weighted by Gasteiger charge is 2.63. The minimum Gasteiger partial charge on any atom is -0.403 e. The molecule has 0 saturated carbocycles. The van der Waals surface area contributed by atoms with Gasteiger partial charge in [0.2, 0.25) is 0 Å². The number of benzene rings is 1. The molecule has 1 aromatic carbocycles. The maximum Gasteiger partial charge on any atom is 0.459 e. The number of hydrogen-bond acceptors (Lipinski definition) is 6. The van der Waals surface area contributed by atoms with Gasteiger partial charge in [-0.1, -0.05) is 36.8 Å². The van der Waals surface area contributed by atoms with E-state index in [2.05, 4.69) is 113 Å². The molecular weight excluding hydrogens is 477 g/mol. The maximum absolute atomic E-state index is 6.68. The predicted molar refractivity (Wildman–Crippen MR) is 155 cm³/mol. The molecule has 9 heteroatoms. The van der Waals surface area contributed by atoms with Crippen LogP contribution in [0.3, 0.4) is 0 Å². The summed E-state index contributed by atoms with van der Waals surface area (Å²) in [6.45, 7) is 25.2. The van der Waals surface area contributed by atoms with Crippen LogP contribution in [-0.2, 0) is 27.9 Å². The van der Waals surface area contributed by atoms with Crippen LogP contribution in [0.2, 0.25) is 12.0 Å². The van der Waals surface area contributed by atoms with Crippen LogP contribution in [0.5, 0.6) is 0 Å². The molecule has 3 fully saturated rings. The zero-order valence-corrected chi connectivity index (χ0v) is 25.8. The number of hydrogen-bond donors (Lipinski definition) is 0. The van der Waals surface area contributed by atoms with Gasteiger partial charge in [0, 0.05) is 5.72 Å². The molecule has 3 aliphatic heterocycles. The third-order valence-electron chi connectivity index (χ3n) is 10.1. The summed E-state index contributed by atoms with van der Waals surface area (Å²) in [5.74, 6) is 0.0861. The van der Waals surface area contributed by atoms with Gasteiger partial charge in [0.05, 0.1) is 33.6 Å². The van der Waals surface area contributed by atoms with Crippen molar-refractivity contribution < 1.29 is 27.9 Å². The highest BCUT2D eigenvalue weighted by molar-refractivity contribution is 6.68. The predicted octanol–water partition coefficient (Wildman–Crippen LogP) is 6.74. The van der Waals surface area contributed by atoms with Gasteiger partial charge in [-0.2, -0.15) is 0 Å². The van der Waals surface area contributed by atoms with E-state index in [4.69, 9.17) is 27.9 Å². The second kappa shape index (κ2) is 9.92. The second-order valence-corrected chi connectivity index (χ2v) is 14.5. The van der Waals surface area contributed by atoms with Gasteiger partial charge in [0.1, 0.15) is 0 Å². The third kappa shape index (κ3) is 5.53. The van der Waals surface area contributed by atoms with Crippen molar-refractivity contribution in [3.63, 3.8) is 0 Å². The number of rotatable bonds is 8. The van der Waals surface area contributed by atoms with Gasteiger partial charge in [0.15, 0.2) is 0 Å². The molecule has 0 N–H and O–H groups in total. The van der Waals surface area contributed by atoms with Crippen molar-refractivity contribution in [2.24, 2.45) is 0 Å². The topological polar surface area (TPSA) is 55.4 Å². The van der Waals surface area contributed by atoms with Crippen LogP contribution >= 0.6 is 0 Å². The summed E-state index contributed by atoms with van der Waals surface area (Å²) < 4.78 is 39.3. The summed E-state index contributed by atoms with van der Waals surface area (Å²) in [5, 5.41) is 0. The molecule has 1 unspecified atom stereocenters. The third-order valence-corrected chi connectivity index (χ3v) is 10.1. The first-order chi connectivity index (χ1) is 17.3. The summed E-state index contributed by atoms with van der Waals surface area (Å²) in [6, 6.07) is 10.7. The fourth-order valence-corrected chi connectivity index (χ4v) is 5.47. The van der Waals surface area contributed by atoms with E-state index in [1.807, 2.05) is 0 Å². The highest BCUT2D eigenvalue weighted by Crippen LogP contribution is 2.51. The van der Waals surface area contributed by atoms with Gasteiger partial charge in [-0.05, 0) is 107 Å². The van der Waals surface area contributed by atoms with E-state index in [-0.39, 0.29) is 30.0 Å². The Balaban J connectivity index is 1.63. The molecule has 3 saturated heterocycles. The van der Waals surface area contributed by atoms with Crippen molar-refractivity contribution in [3.05, 3.63) is 35.9 Å². The molecule has 1 aromatic rings. The zero-order valence-electron chi connectivity index (χ0n) is 25.8. The summed E-state index contributed by atoms with van der Waals surface area (Å²) in [7, 11) is -1.17. The second-order valence-electron chi connectivity index (χ2n) is 14.5. The van der Waals surface area contributed by atoms with Gasteiger partial charge in [-0.3, -0.25) is 0 Å². The van der Waals surface area contributed by atoms with Crippen LogP contribution in [0.15, 0.2) is 30.3 Å². The van der Waals surface area contributed by atoms with E-state index in [9.17, 15) is 0 Å². The van der Waals surface area contributed by atoms with E-state index in [1.54, 1.807) is 0 Å². The summed E-state index contributed by atoms with van der Waals surface area (Å²) in [4.78, 5) is 0. The molecule has 38 heavy (non-hydrogen) atoms. The lowest BCUT2D eigenvalue weighted by molar-refractivity contribution is 0.00578. The monoisotopic (exact) mass is 526 g/mol. The first kappa shape index (κ1) is 30.1. The van der Waals surface area contributed by atoms with Crippen LogP contribution < -0.4 is 0 Å². The lowest BCUT2D eigenvalue weighted by Gasteiger charge is -2.32. The molecule has 0 spiro atoms. The summed E-state index contributed by atoms with van der Waals surface area (Å²) >= 11 is 0. The Bertz CT molecular complexity index is 894. The van der Waals surface area contributed by atoms with Crippen LogP contribution in [0.25, 0.3) is 0 Å². The quantitative estimate of drug-likeness (QED) is 0.350. The molecule has 6 nitrogen and oxygen atoms in total. The minimum atomic E-state index is -0.475.